The standard InChI is InChI=1S/C8H3Cl4NO4/c1-2-3(9)8(14)17-6(4(10)7(11)12)5(2)13(15)16/h1H3. The minimum Gasteiger partial charge on any atom is -0.413 e. The van der Waals surface area contributed by atoms with Crippen molar-refractivity contribution in [3.05, 3.63) is 41.4 Å². The van der Waals surface area contributed by atoms with Crippen LogP contribution in [-0.4, -0.2) is 4.92 Å². The van der Waals surface area contributed by atoms with Crippen molar-refractivity contribution < 1.29 is 9.34 Å². The van der Waals surface area contributed by atoms with E-state index in [-0.39, 0.29) is 5.56 Å². The Labute approximate surface area is 115 Å². The van der Waals surface area contributed by atoms with Crippen molar-refractivity contribution in [3.63, 3.8) is 0 Å². The fourth-order valence-corrected chi connectivity index (χ4v) is 1.50. The molecule has 0 amide bonds. The van der Waals surface area contributed by atoms with Crippen molar-refractivity contribution in [2.45, 2.75) is 6.92 Å². The molecule has 0 aliphatic carbocycles. The van der Waals surface area contributed by atoms with Crippen molar-refractivity contribution in [3.8, 4) is 0 Å². The summed E-state index contributed by atoms with van der Waals surface area (Å²) in [5.41, 5.74) is -1.59. The zero-order valence-electron chi connectivity index (χ0n) is 8.09. The summed E-state index contributed by atoms with van der Waals surface area (Å²) in [6, 6.07) is 0. The molecule has 0 fully saturated rings. The predicted octanol–water partition coefficient (Wildman–Crippen LogP) is 3.85. The summed E-state index contributed by atoms with van der Waals surface area (Å²) in [6.07, 6.45) is 0. The zero-order chi connectivity index (χ0) is 13.3. The van der Waals surface area contributed by atoms with Crippen LogP contribution in [0.4, 0.5) is 5.69 Å². The van der Waals surface area contributed by atoms with Gasteiger partial charge in [-0.1, -0.05) is 46.4 Å². The smallest absolute Gasteiger partial charge is 0.355 e. The summed E-state index contributed by atoms with van der Waals surface area (Å²) in [7, 11) is 0. The number of halogens is 4. The Kier molecular flexibility index (Phi) is 4.43. The average Bonchev–Trinajstić information content (AvgIpc) is 2.23. The minimum absolute atomic E-state index is 0.0735. The third-order valence-corrected chi connectivity index (χ3v) is 3.19. The SMILES string of the molecule is Cc1c([N+](=O)[O-])c(C(Cl)=C(Cl)Cl)oc(=O)c1Cl. The molecule has 1 aromatic heterocycles. The number of hydrogen-bond donors (Lipinski definition) is 0. The number of nitrogens with zero attached hydrogens (tertiary/aromatic N) is 1. The Morgan fingerprint density at radius 3 is 2.29 bits per heavy atom. The van der Waals surface area contributed by atoms with E-state index in [0.29, 0.717) is 0 Å². The first-order valence-electron chi connectivity index (χ1n) is 3.96. The van der Waals surface area contributed by atoms with Gasteiger partial charge < -0.3 is 4.42 Å². The molecule has 5 nitrogen and oxygen atoms in total. The fourth-order valence-electron chi connectivity index (χ4n) is 1.07. The highest BCUT2D eigenvalue weighted by Gasteiger charge is 2.28. The third kappa shape index (κ3) is 2.74. The monoisotopic (exact) mass is 317 g/mol. The molecule has 0 bridgehead atoms. The summed E-state index contributed by atoms with van der Waals surface area (Å²) in [5.74, 6) is -0.524. The van der Waals surface area contributed by atoms with E-state index in [9.17, 15) is 14.9 Å². The normalized spacial score (nSPS) is 10.2. The molecule has 0 unspecified atom stereocenters. The highest BCUT2D eigenvalue weighted by molar-refractivity contribution is 6.66. The van der Waals surface area contributed by atoms with Gasteiger partial charge in [-0.15, -0.1) is 0 Å². The van der Waals surface area contributed by atoms with Crippen LogP contribution in [-0.2, 0) is 0 Å². The van der Waals surface area contributed by atoms with Crippen LogP contribution in [0.5, 0.6) is 0 Å². The topological polar surface area (TPSA) is 73.3 Å². The van der Waals surface area contributed by atoms with Gasteiger partial charge in [0.15, 0.2) is 0 Å². The van der Waals surface area contributed by atoms with Gasteiger partial charge in [0.2, 0.25) is 5.76 Å². The van der Waals surface area contributed by atoms with E-state index in [4.69, 9.17) is 46.4 Å². The van der Waals surface area contributed by atoms with E-state index in [1.807, 2.05) is 0 Å². The molecule has 0 aliphatic heterocycles. The summed E-state index contributed by atoms with van der Waals surface area (Å²) in [6.45, 7) is 1.28. The summed E-state index contributed by atoms with van der Waals surface area (Å²) in [5, 5.41) is 10.0. The van der Waals surface area contributed by atoms with E-state index in [1.54, 1.807) is 0 Å². The molecule has 1 aromatic rings. The second-order valence-corrected chi connectivity index (χ2v) is 4.54. The van der Waals surface area contributed by atoms with Gasteiger partial charge in [-0.05, 0) is 6.92 Å². The van der Waals surface area contributed by atoms with E-state index >= 15 is 0 Å². The van der Waals surface area contributed by atoms with Crippen LogP contribution < -0.4 is 5.63 Å². The Morgan fingerprint density at radius 2 is 1.88 bits per heavy atom. The lowest BCUT2D eigenvalue weighted by Gasteiger charge is -2.04. The molecule has 1 rings (SSSR count). The molecule has 0 aliphatic rings. The van der Waals surface area contributed by atoms with Crippen LogP contribution in [0.15, 0.2) is 13.7 Å². The second-order valence-electron chi connectivity index (χ2n) is 2.84. The van der Waals surface area contributed by atoms with Crippen molar-refractivity contribution in [1.29, 1.82) is 0 Å². The van der Waals surface area contributed by atoms with Crippen LogP contribution in [0.3, 0.4) is 0 Å². The van der Waals surface area contributed by atoms with Gasteiger partial charge in [-0.25, -0.2) is 4.79 Å². The van der Waals surface area contributed by atoms with E-state index in [0.717, 1.165) is 0 Å². The molecule has 0 saturated heterocycles. The molecule has 92 valence electrons. The molecule has 0 aromatic carbocycles. The van der Waals surface area contributed by atoms with E-state index in [2.05, 4.69) is 4.42 Å². The lowest BCUT2D eigenvalue weighted by atomic mass is 10.2. The summed E-state index contributed by atoms with van der Waals surface area (Å²) < 4.78 is 4.16. The summed E-state index contributed by atoms with van der Waals surface area (Å²) in [4.78, 5) is 21.3. The van der Waals surface area contributed by atoms with Crippen LogP contribution in [0.25, 0.3) is 5.03 Å². The summed E-state index contributed by atoms with van der Waals surface area (Å²) >= 11 is 21.9. The molecule has 0 atom stereocenters. The molecule has 0 radical (unpaired) electrons. The van der Waals surface area contributed by atoms with Gasteiger partial charge in [-0.3, -0.25) is 10.1 Å². The lowest BCUT2D eigenvalue weighted by Crippen LogP contribution is -2.08. The minimum atomic E-state index is -0.961. The Hall–Kier alpha value is -0.750. The van der Waals surface area contributed by atoms with Crippen molar-refractivity contribution in [1.82, 2.24) is 0 Å². The Bertz CT molecular complexity index is 574. The van der Waals surface area contributed by atoms with Crippen LogP contribution in [0.1, 0.15) is 11.3 Å². The van der Waals surface area contributed by atoms with Gasteiger partial charge in [0.1, 0.15) is 14.5 Å². The van der Waals surface area contributed by atoms with Crippen LogP contribution in [0.2, 0.25) is 5.02 Å². The molecule has 0 spiro atoms. The lowest BCUT2D eigenvalue weighted by molar-refractivity contribution is -0.386. The molecular formula is C8H3Cl4NO4. The van der Waals surface area contributed by atoms with Gasteiger partial charge in [0, 0.05) is 0 Å². The van der Waals surface area contributed by atoms with Crippen LogP contribution >= 0.6 is 46.4 Å². The number of rotatable bonds is 2. The maximum Gasteiger partial charge on any atom is 0.355 e. The average molecular weight is 319 g/mol. The van der Waals surface area contributed by atoms with E-state index in [1.165, 1.54) is 6.92 Å². The highest BCUT2D eigenvalue weighted by Crippen LogP contribution is 2.36. The maximum atomic E-state index is 11.3. The quantitative estimate of drug-likeness (QED) is 0.613. The van der Waals surface area contributed by atoms with Gasteiger partial charge in [-0.2, -0.15) is 0 Å². The Balaban J connectivity index is 3.79. The van der Waals surface area contributed by atoms with Crippen LogP contribution in [0, 0.1) is 17.0 Å². The van der Waals surface area contributed by atoms with Crippen molar-refractivity contribution >= 4 is 57.1 Å². The third-order valence-electron chi connectivity index (χ3n) is 1.82. The first-order valence-corrected chi connectivity index (χ1v) is 5.47. The van der Waals surface area contributed by atoms with E-state index < -0.39 is 36.5 Å². The first kappa shape index (κ1) is 14.3. The first-order chi connectivity index (χ1) is 7.77. The van der Waals surface area contributed by atoms with Gasteiger partial charge in [0.05, 0.1) is 10.5 Å². The number of hydrogen-bond acceptors (Lipinski definition) is 4. The maximum absolute atomic E-state index is 11.3. The van der Waals surface area contributed by atoms with Gasteiger partial charge >= 0.3 is 11.3 Å². The second kappa shape index (κ2) is 5.27. The molecule has 9 heteroatoms. The highest BCUT2D eigenvalue weighted by atomic mass is 35.5. The predicted molar refractivity (Wildman–Crippen MR) is 65.9 cm³/mol. The van der Waals surface area contributed by atoms with Gasteiger partial charge in [0.25, 0.3) is 0 Å². The molecule has 0 N–H and O–H groups in total. The molecule has 0 saturated carbocycles. The van der Waals surface area contributed by atoms with Crippen molar-refractivity contribution in [2.24, 2.45) is 0 Å². The molecular weight excluding hydrogens is 316 g/mol. The largest absolute Gasteiger partial charge is 0.413 e. The molecule has 1 heterocycles. The molecule has 17 heavy (non-hydrogen) atoms. The number of nitro groups is 1. The Morgan fingerprint density at radius 1 is 1.35 bits per heavy atom. The zero-order valence-corrected chi connectivity index (χ0v) is 11.1. The fraction of sp³-hybridized carbons (Fsp3) is 0.125. The van der Waals surface area contributed by atoms with Crippen molar-refractivity contribution in [2.75, 3.05) is 0 Å².